The molecular weight excluding hydrogens is 270 g/mol. The molecule has 2 N–H and O–H groups in total. The lowest BCUT2D eigenvalue weighted by molar-refractivity contribution is -0.140. The third kappa shape index (κ3) is 4.09. The molecular formula is C16H23NO4. The second-order valence-electron chi connectivity index (χ2n) is 6.19. The highest BCUT2D eigenvalue weighted by molar-refractivity contribution is 5.78. The number of hydrogen-bond acceptors (Lipinski definition) is 3. The third-order valence-electron chi connectivity index (χ3n) is 4.29. The zero-order chi connectivity index (χ0) is 15.5. The van der Waals surface area contributed by atoms with E-state index in [0.717, 1.165) is 37.2 Å². The lowest BCUT2D eigenvalue weighted by Gasteiger charge is -2.27. The highest BCUT2D eigenvalue weighted by Gasteiger charge is 2.38. The normalized spacial score (nSPS) is 18.4. The zero-order valence-corrected chi connectivity index (χ0v) is 12.6. The SMILES string of the molecule is Cc1ccc(C(C)NC(=O)CC2(CC(=O)O)CCCC2)o1. The van der Waals surface area contributed by atoms with Crippen LogP contribution >= 0.6 is 0 Å². The van der Waals surface area contributed by atoms with Gasteiger partial charge in [-0.2, -0.15) is 0 Å². The van der Waals surface area contributed by atoms with Crippen LogP contribution in [0.25, 0.3) is 0 Å². The molecule has 0 radical (unpaired) electrons. The summed E-state index contributed by atoms with van der Waals surface area (Å²) in [6, 6.07) is 3.51. The predicted octanol–water partition coefficient (Wildman–Crippen LogP) is 3.19. The molecule has 2 rings (SSSR count). The smallest absolute Gasteiger partial charge is 0.303 e. The van der Waals surface area contributed by atoms with Crippen molar-refractivity contribution in [3.05, 3.63) is 23.7 Å². The molecule has 116 valence electrons. The van der Waals surface area contributed by atoms with Crippen molar-refractivity contribution >= 4 is 11.9 Å². The Morgan fingerprint density at radius 2 is 2.00 bits per heavy atom. The van der Waals surface area contributed by atoms with E-state index < -0.39 is 5.97 Å². The fourth-order valence-corrected chi connectivity index (χ4v) is 3.25. The van der Waals surface area contributed by atoms with Crippen molar-refractivity contribution < 1.29 is 19.1 Å². The summed E-state index contributed by atoms with van der Waals surface area (Å²) in [4.78, 5) is 23.3. The van der Waals surface area contributed by atoms with Gasteiger partial charge < -0.3 is 14.8 Å². The van der Waals surface area contributed by atoms with Gasteiger partial charge in [-0.05, 0) is 44.2 Å². The van der Waals surface area contributed by atoms with E-state index in [0.29, 0.717) is 0 Å². The number of aliphatic carboxylic acids is 1. The molecule has 1 aliphatic carbocycles. The van der Waals surface area contributed by atoms with Gasteiger partial charge in [0, 0.05) is 6.42 Å². The molecule has 0 bridgehead atoms. The van der Waals surface area contributed by atoms with Gasteiger partial charge in [0.25, 0.3) is 0 Å². The summed E-state index contributed by atoms with van der Waals surface area (Å²) in [5, 5.41) is 12.0. The summed E-state index contributed by atoms with van der Waals surface area (Å²) in [5.41, 5.74) is -0.366. The molecule has 0 spiro atoms. The second kappa shape index (κ2) is 6.33. The Morgan fingerprint density at radius 1 is 1.33 bits per heavy atom. The Kier molecular flexibility index (Phi) is 4.70. The molecule has 1 aromatic heterocycles. The van der Waals surface area contributed by atoms with Crippen LogP contribution in [0, 0.1) is 12.3 Å². The summed E-state index contributed by atoms with van der Waals surface area (Å²) in [5.74, 6) is 0.614. The number of carbonyl (C=O) groups excluding carboxylic acids is 1. The molecule has 5 nitrogen and oxygen atoms in total. The Morgan fingerprint density at radius 3 is 2.52 bits per heavy atom. The number of hydrogen-bond donors (Lipinski definition) is 2. The van der Waals surface area contributed by atoms with Crippen LogP contribution < -0.4 is 5.32 Å². The van der Waals surface area contributed by atoms with Crippen LogP contribution in [0.15, 0.2) is 16.5 Å². The van der Waals surface area contributed by atoms with Gasteiger partial charge in [0.15, 0.2) is 0 Å². The van der Waals surface area contributed by atoms with Gasteiger partial charge in [-0.25, -0.2) is 0 Å². The lowest BCUT2D eigenvalue weighted by atomic mass is 9.79. The van der Waals surface area contributed by atoms with Crippen LogP contribution in [-0.4, -0.2) is 17.0 Å². The Bertz CT molecular complexity index is 514. The van der Waals surface area contributed by atoms with Gasteiger partial charge in [0.2, 0.25) is 5.91 Å². The van der Waals surface area contributed by atoms with E-state index in [2.05, 4.69) is 5.32 Å². The van der Waals surface area contributed by atoms with Crippen LogP contribution in [-0.2, 0) is 9.59 Å². The molecule has 1 amide bonds. The van der Waals surface area contributed by atoms with Crippen LogP contribution in [0.2, 0.25) is 0 Å². The van der Waals surface area contributed by atoms with E-state index in [-0.39, 0.29) is 30.2 Å². The fourth-order valence-electron chi connectivity index (χ4n) is 3.25. The molecule has 5 heteroatoms. The van der Waals surface area contributed by atoms with Gasteiger partial charge in [-0.3, -0.25) is 9.59 Å². The van der Waals surface area contributed by atoms with Crippen molar-refractivity contribution in [2.45, 2.75) is 58.4 Å². The van der Waals surface area contributed by atoms with E-state index in [9.17, 15) is 9.59 Å². The number of rotatable bonds is 6. The van der Waals surface area contributed by atoms with Crippen molar-refractivity contribution in [2.75, 3.05) is 0 Å². The number of carbonyl (C=O) groups is 2. The van der Waals surface area contributed by atoms with E-state index in [1.165, 1.54) is 0 Å². The van der Waals surface area contributed by atoms with E-state index in [1.54, 1.807) is 0 Å². The minimum atomic E-state index is -0.820. The quantitative estimate of drug-likeness (QED) is 0.844. The maximum atomic E-state index is 12.2. The molecule has 1 saturated carbocycles. The summed E-state index contributed by atoms with van der Waals surface area (Å²) in [7, 11) is 0. The average molecular weight is 293 g/mol. The van der Waals surface area contributed by atoms with Crippen molar-refractivity contribution in [3.63, 3.8) is 0 Å². The monoisotopic (exact) mass is 293 g/mol. The van der Waals surface area contributed by atoms with Gasteiger partial charge in [0.05, 0.1) is 12.5 Å². The minimum absolute atomic E-state index is 0.0780. The highest BCUT2D eigenvalue weighted by Crippen LogP contribution is 2.44. The first kappa shape index (κ1) is 15.6. The van der Waals surface area contributed by atoms with Crippen molar-refractivity contribution in [1.82, 2.24) is 5.32 Å². The first-order valence-electron chi connectivity index (χ1n) is 7.48. The van der Waals surface area contributed by atoms with E-state index in [1.807, 2.05) is 26.0 Å². The molecule has 1 aromatic rings. The average Bonchev–Trinajstić information content (AvgIpc) is 2.97. The second-order valence-corrected chi connectivity index (χ2v) is 6.19. The maximum Gasteiger partial charge on any atom is 0.303 e. The number of carboxylic acids is 1. The predicted molar refractivity (Wildman–Crippen MR) is 77.8 cm³/mol. The fraction of sp³-hybridized carbons (Fsp3) is 0.625. The van der Waals surface area contributed by atoms with E-state index >= 15 is 0 Å². The van der Waals surface area contributed by atoms with Gasteiger partial charge in [0.1, 0.15) is 11.5 Å². The molecule has 1 fully saturated rings. The highest BCUT2D eigenvalue weighted by atomic mass is 16.4. The maximum absolute atomic E-state index is 12.2. The largest absolute Gasteiger partial charge is 0.481 e. The van der Waals surface area contributed by atoms with Gasteiger partial charge in [-0.15, -0.1) is 0 Å². The van der Waals surface area contributed by atoms with Gasteiger partial charge >= 0.3 is 5.97 Å². The Hall–Kier alpha value is -1.78. The van der Waals surface area contributed by atoms with Crippen molar-refractivity contribution in [3.8, 4) is 0 Å². The van der Waals surface area contributed by atoms with E-state index in [4.69, 9.17) is 9.52 Å². The molecule has 1 aliphatic rings. The topological polar surface area (TPSA) is 79.5 Å². The van der Waals surface area contributed by atoms with Crippen LogP contribution in [0.1, 0.15) is 63.0 Å². The number of nitrogens with one attached hydrogen (secondary N) is 1. The van der Waals surface area contributed by atoms with Crippen LogP contribution in [0.3, 0.4) is 0 Å². The Labute approximate surface area is 124 Å². The standard InChI is InChI=1S/C16H23NO4/c1-11-5-6-13(21-11)12(2)17-14(18)9-16(10-15(19)20)7-3-4-8-16/h5-6,12H,3-4,7-10H2,1-2H3,(H,17,18)(H,19,20). The summed E-state index contributed by atoms with van der Waals surface area (Å²) < 4.78 is 5.50. The number of amides is 1. The number of carboxylic acid groups (broad SMARTS) is 1. The first-order valence-corrected chi connectivity index (χ1v) is 7.48. The molecule has 0 saturated heterocycles. The minimum Gasteiger partial charge on any atom is -0.481 e. The zero-order valence-electron chi connectivity index (χ0n) is 12.6. The summed E-state index contributed by atoms with van der Waals surface area (Å²) in [6.45, 7) is 3.73. The summed E-state index contributed by atoms with van der Waals surface area (Å²) in [6.07, 6.45) is 4.01. The molecule has 1 heterocycles. The molecule has 1 atom stereocenters. The number of aryl methyl sites for hydroxylation is 1. The van der Waals surface area contributed by atoms with Crippen molar-refractivity contribution in [2.24, 2.45) is 5.41 Å². The van der Waals surface area contributed by atoms with Gasteiger partial charge in [-0.1, -0.05) is 12.8 Å². The Balaban J connectivity index is 1.95. The molecule has 0 aromatic carbocycles. The molecule has 0 aliphatic heterocycles. The van der Waals surface area contributed by atoms with Crippen molar-refractivity contribution in [1.29, 1.82) is 0 Å². The van der Waals surface area contributed by atoms with Crippen LogP contribution in [0.5, 0.6) is 0 Å². The number of furan rings is 1. The molecule has 1 unspecified atom stereocenters. The van der Waals surface area contributed by atoms with Crippen LogP contribution in [0.4, 0.5) is 0 Å². The first-order chi connectivity index (χ1) is 9.90. The summed E-state index contributed by atoms with van der Waals surface area (Å²) >= 11 is 0. The lowest BCUT2D eigenvalue weighted by Crippen LogP contribution is -2.33. The third-order valence-corrected chi connectivity index (χ3v) is 4.29. The molecule has 21 heavy (non-hydrogen) atoms.